The van der Waals surface area contributed by atoms with E-state index in [4.69, 9.17) is 4.74 Å². The van der Waals surface area contributed by atoms with Gasteiger partial charge in [0.1, 0.15) is 16.5 Å². The number of nitrogens with zero attached hydrogens (tertiary/aromatic N) is 2. The zero-order valence-electron chi connectivity index (χ0n) is 15.6. The third-order valence-electron chi connectivity index (χ3n) is 3.77. The number of thiazole rings is 1. The first kappa shape index (κ1) is 19.9. The minimum absolute atomic E-state index is 0.117. The van der Waals surface area contributed by atoms with Crippen LogP contribution >= 0.6 is 23.1 Å². The van der Waals surface area contributed by atoms with Gasteiger partial charge in [-0.25, -0.2) is 4.98 Å². The first-order chi connectivity index (χ1) is 13.5. The molecule has 28 heavy (non-hydrogen) atoms. The van der Waals surface area contributed by atoms with E-state index in [1.807, 2.05) is 30.3 Å². The van der Waals surface area contributed by atoms with Gasteiger partial charge in [0.05, 0.1) is 18.4 Å². The van der Waals surface area contributed by atoms with Crippen molar-refractivity contribution in [3.63, 3.8) is 0 Å². The van der Waals surface area contributed by atoms with E-state index in [1.165, 1.54) is 16.2 Å². The molecule has 6 nitrogen and oxygen atoms in total. The quantitative estimate of drug-likeness (QED) is 0.606. The van der Waals surface area contributed by atoms with Crippen molar-refractivity contribution in [3.05, 3.63) is 59.6 Å². The van der Waals surface area contributed by atoms with Crippen LogP contribution in [0.25, 0.3) is 10.6 Å². The maximum atomic E-state index is 12.7. The van der Waals surface area contributed by atoms with E-state index >= 15 is 0 Å². The van der Waals surface area contributed by atoms with E-state index in [9.17, 15) is 9.59 Å². The number of anilines is 1. The van der Waals surface area contributed by atoms with Crippen LogP contribution in [-0.4, -0.2) is 42.2 Å². The molecule has 0 saturated heterocycles. The zero-order chi connectivity index (χ0) is 20.1. The summed E-state index contributed by atoms with van der Waals surface area (Å²) in [6, 6.07) is 14.7. The van der Waals surface area contributed by atoms with Crippen molar-refractivity contribution in [1.29, 1.82) is 0 Å². The van der Waals surface area contributed by atoms with Gasteiger partial charge in [-0.1, -0.05) is 24.3 Å². The first-order valence-electron chi connectivity index (χ1n) is 8.38. The van der Waals surface area contributed by atoms with Crippen molar-refractivity contribution >= 4 is 39.9 Å². The molecule has 1 heterocycles. The van der Waals surface area contributed by atoms with Crippen molar-refractivity contribution in [2.24, 2.45) is 0 Å². The number of methoxy groups -OCH3 is 1. The normalized spacial score (nSPS) is 10.4. The average molecular weight is 414 g/mol. The van der Waals surface area contributed by atoms with Crippen LogP contribution in [0.5, 0.6) is 5.75 Å². The van der Waals surface area contributed by atoms with Crippen molar-refractivity contribution in [2.45, 2.75) is 4.90 Å². The minimum atomic E-state index is -0.331. The first-order valence-corrected chi connectivity index (χ1v) is 10.1. The number of carbonyl (C=O) groups is 2. The average Bonchev–Trinajstić information content (AvgIpc) is 3.19. The third-order valence-corrected chi connectivity index (χ3v) is 5.76. The van der Waals surface area contributed by atoms with Crippen LogP contribution in [0.4, 0.5) is 10.5 Å². The van der Waals surface area contributed by atoms with Crippen LogP contribution < -0.4 is 10.1 Å². The van der Waals surface area contributed by atoms with Gasteiger partial charge in [0.15, 0.2) is 0 Å². The number of carbonyl (C=O) groups excluding carboxylic acids is 2. The van der Waals surface area contributed by atoms with Crippen LogP contribution in [-0.2, 0) is 0 Å². The van der Waals surface area contributed by atoms with Gasteiger partial charge in [0.2, 0.25) is 0 Å². The lowest BCUT2D eigenvalue weighted by atomic mass is 10.2. The molecule has 3 aromatic rings. The smallest absolute Gasteiger partial charge is 0.286 e. The summed E-state index contributed by atoms with van der Waals surface area (Å²) in [6.45, 7) is 0. The number of thioether (sulfide) groups is 1. The van der Waals surface area contributed by atoms with E-state index in [1.54, 1.807) is 44.8 Å². The lowest BCUT2D eigenvalue weighted by Crippen LogP contribution is -2.17. The summed E-state index contributed by atoms with van der Waals surface area (Å²) < 4.78 is 5.36. The number of rotatable bonds is 5. The molecule has 3 rings (SSSR count). The van der Waals surface area contributed by atoms with E-state index < -0.39 is 0 Å². The Morgan fingerprint density at radius 3 is 2.57 bits per heavy atom. The van der Waals surface area contributed by atoms with Crippen molar-refractivity contribution in [2.75, 3.05) is 26.5 Å². The second-order valence-electron chi connectivity index (χ2n) is 5.95. The molecular weight excluding hydrogens is 394 g/mol. The fraction of sp³-hybridized carbons (Fsp3) is 0.150. The zero-order valence-corrected chi connectivity index (χ0v) is 17.3. The largest absolute Gasteiger partial charge is 0.496 e. The van der Waals surface area contributed by atoms with Gasteiger partial charge in [0.25, 0.3) is 11.1 Å². The van der Waals surface area contributed by atoms with Gasteiger partial charge >= 0.3 is 0 Å². The van der Waals surface area contributed by atoms with Crippen LogP contribution in [0.15, 0.2) is 58.8 Å². The molecule has 0 spiro atoms. The molecule has 0 saturated carbocycles. The summed E-state index contributed by atoms with van der Waals surface area (Å²) in [5.41, 5.74) is 1.71. The van der Waals surface area contributed by atoms with Crippen LogP contribution in [0.1, 0.15) is 10.5 Å². The Morgan fingerprint density at radius 2 is 1.82 bits per heavy atom. The predicted molar refractivity (Wildman–Crippen MR) is 113 cm³/mol. The van der Waals surface area contributed by atoms with Gasteiger partial charge in [-0.2, -0.15) is 0 Å². The molecule has 2 aromatic carbocycles. The molecule has 0 atom stereocenters. The van der Waals surface area contributed by atoms with Crippen molar-refractivity contribution in [3.8, 4) is 16.3 Å². The molecule has 2 amide bonds. The van der Waals surface area contributed by atoms with Gasteiger partial charge in [-0.15, -0.1) is 11.3 Å². The highest BCUT2D eigenvalue weighted by Gasteiger charge is 2.17. The molecule has 0 unspecified atom stereocenters. The van der Waals surface area contributed by atoms with Crippen molar-refractivity contribution in [1.82, 2.24) is 9.88 Å². The number of hydrogen-bond donors (Lipinski definition) is 1. The van der Waals surface area contributed by atoms with E-state index in [0.29, 0.717) is 27.0 Å². The van der Waals surface area contributed by atoms with E-state index in [-0.39, 0.29) is 11.1 Å². The SMILES string of the molecule is COc1ccccc1-c1nc(C(=O)Nc2ccccc2SC(=O)N(C)C)cs1. The van der Waals surface area contributed by atoms with Crippen molar-refractivity contribution < 1.29 is 14.3 Å². The fourth-order valence-electron chi connectivity index (χ4n) is 2.35. The summed E-state index contributed by atoms with van der Waals surface area (Å²) in [7, 11) is 4.97. The van der Waals surface area contributed by atoms with E-state index in [2.05, 4.69) is 10.3 Å². The summed E-state index contributed by atoms with van der Waals surface area (Å²) in [5, 5.41) is 5.14. The molecule has 1 N–H and O–H groups in total. The summed E-state index contributed by atoms with van der Waals surface area (Å²) >= 11 is 2.43. The summed E-state index contributed by atoms with van der Waals surface area (Å²) in [5.74, 6) is 0.371. The number of aromatic nitrogens is 1. The molecule has 0 aliphatic rings. The lowest BCUT2D eigenvalue weighted by Gasteiger charge is -2.12. The third kappa shape index (κ3) is 4.52. The number of amides is 2. The summed E-state index contributed by atoms with van der Waals surface area (Å²) in [6.07, 6.45) is 0. The van der Waals surface area contributed by atoms with Crippen LogP contribution in [0, 0.1) is 0 Å². The molecule has 1 aromatic heterocycles. The monoisotopic (exact) mass is 413 g/mol. The molecule has 8 heteroatoms. The Labute approximate surface area is 171 Å². The molecule has 0 fully saturated rings. The molecule has 144 valence electrons. The molecule has 0 radical (unpaired) electrons. The Hall–Kier alpha value is -2.84. The lowest BCUT2D eigenvalue weighted by molar-refractivity contribution is 0.102. The second kappa shape index (κ2) is 8.90. The maximum Gasteiger partial charge on any atom is 0.286 e. The standard InChI is InChI=1S/C20H19N3O3S2/c1-23(2)20(25)28-17-11-7-5-9-14(17)21-18(24)15-12-27-19(22-15)13-8-4-6-10-16(13)26-3/h4-12H,1-3H3,(H,21,24). The Bertz CT molecular complexity index is 1000. The van der Waals surface area contributed by atoms with Gasteiger partial charge in [-0.3, -0.25) is 9.59 Å². The number of benzene rings is 2. The fourth-order valence-corrected chi connectivity index (χ4v) is 3.93. The Kier molecular flexibility index (Phi) is 6.33. The molecular formula is C20H19N3O3S2. The number of ether oxygens (including phenoxy) is 1. The predicted octanol–water partition coefficient (Wildman–Crippen LogP) is 4.84. The maximum absolute atomic E-state index is 12.7. The highest BCUT2D eigenvalue weighted by atomic mass is 32.2. The van der Waals surface area contributed by atoms with Crippen LogP contribution in [0.2, 0.25) is 0 Å². The highest BCUT2D eigenvalue weighted by Crippen LogP contribution is 2.33. The molecule has 0 aliphatic heterocycles. The minimum Gasteiger partial charge on any atom is -0.496 e. The van der Waals surface area contributed by atoms with Gasteiger partial charge in [-0.05, 0) is 36.0 Å². The Morgan fingerprint density at radius 1 is 1.11 bits per heavy atom. The number of para-hydroxylation sites is 2. The number of hydrogen-bond acceptors (Lipinski definition) is 6. The summed E-state index contributed by atoms with van der Waals surface area (Å²) in [4.78, 5) is 31.3. The van der Waals surface area contributed by atoms with Gasteiger partial charge in [0, 0.05) is 24.4 Å². The van der Waals surface area contributed by atoms with E-state index in [0.717, 1.165) is 17.3 Å². The molecule has 0 bridgehead atoms. The van der Waals surface area contributed by atoms with Crippen LogP contribution in [0.3, 0.4) is 0 Å². The highest BCUT2D eigenvalue weighted by molar-refractivity contribution is 8.13. The molecule has 0 aliphatic carbocycles. The number of nitrogens with one attached hydrogen (secondary N) is 1. The Balaban J connectivity index is 1.80. The van der Waals surface area contributed by atoms with Gasteiger partial charge < -0.3 is 15.0 Å². The second-order valence-corrected chi connectivity index (χ2v) is 7.80. The topological polar surface area (TPSA) is 71.5 Å².